The van der Waals surface area contributed by atoms with Gasteiger partial charge < -0.3 is 5.11 Å². The SMILES string of the molecule is Cc1nc(CC(O)c2c(C)nn(C)c2Cl)sc1C. The molecule has 1 N–H and O–H groups in total. The maximum Gasteiger partial charge on any atom is 0.132 e. The smallest absolute Gasteiger partial charge is 0.132 e. The minimum Gasteiger partial charge on any atom is -0.388 e. The summed E-state index contributed by atoms with van der Waals surface area (Å²) in [4.78, 5) is 5.62. The van der Waals surface area contributed by atoms with Gasteiger partial charge in [0.15, 0.2) is 0 Å². The lowest BCUT2D eigenvalue weighted by Crippen LogP contribution is -2.03. The molecule has 1 atom stereocenters. The van der Waals surface area contributed by atoms with E-state index in [1.165, 1.54) is 4.88 Å². The first-order valence-electron chi connectivity index (χ1n) is 5.70. The second-order valence-corrected chi connectivity index (χ2v) is 6.03. The third kappa shape index (κ3) is 2.43. The van der Waals surface area contributed by atoms with Crippen LogP contribution < -0.4 is 0 Å². The van der Waals surface area contributed by atoms with Crippen LogP contribution in [0.3, 0.4) is 0 Å². The molecule has 6 heteroatoms. The number of aliphatic hydroxyl groups excluding tert-OH is 1. The normalized spacial score (nSPS) is 13.0. The van der Waals surface area contributed by atoms with Crippen molar-refractivity contribution in [2.45, 2.75) is 33.3 Å². The van der Waals surface area contributed by atoms with E-state index in [1.807, 2.05) is 20.8 Å². The van der Waals surface area contributed by atoms with Gasteiger partial charge >= 0.3 is 0 Å². The van der Waals surface area contributed by atoms with E-state index in [9.17, 15) is 5.11 Å². The zero-order valence-electron chi connectivity index (χ0n) is 10.9. The standard InChI is InChI=1S/C12H16ClN3OS/c1-6-8(3)18-10(14-6)5-9(17)11-7(2)15-16(4)12(11)13/h9,17H,5H2,1-4H3. The van der Waals surface area contributed by atoms with Crippen LogP contribution in [0.25, 0.3) is 0 Å². The first-order chi connectivity index (χ1) is 8.40. The predicted molar refractivity (Wildman–Crippen MR) is 73.2 cm³/mol. The van der Waals surface area contributed by atoms with Gasteiger partial charge in [-0.2, -0.15) is 5.10 Å². The van der Waals surface area contributed by atoms with Gasteiger partial charge in [0.25, 0.3) is 0 Å². The molecule has 0 radical (unpaired) electrons. The van der Waals surface area contributed by atoms with E-state index in [4.69, 9.17) is 11.6 Å². The van der Waals surface area contributed by atoms with Gasteiger partial charge in [-0.1, -0.05) is 11.6 Å². The van der Waals surface area contributed by atoms with Crippen LogP contribution in [0.4, 0.5) is 0 Å². The molecule has 0 aliphatic rings. The molecule has 1 unspecified atom stereocenters. The number of aliphatic hydroxyl groups is 1. The summed E-state index contributed by atoms with van der Waals surface area (Å²) in [7, 11) is 1.77. The monoisotopic (exact) mass is 285 g/mol. The predicted octanol–water partition coefficient (Wildman–Crippen LogP) is 2.73. The minimum atomic E-state index is -0.656. The van der Waals surface area contributed by atoms with Crippen molar-refractivity contribution in [1.29, 1.82) is 0 Å². The van der Waals surface area contributed by atoms with E-state index >= 15 is 0 Å². The van der Waals surface area contributed by atoms with Gasteiger partial charge in [-0.25, -0.2) is 4.98 Å². The summed E-state index contributed by atoms with van der Waals surface area (Å²) in [5.74, 6) is 0. The maximum absolute atomic E-state index is 10.3. The first-order valence-corrected chi connectivity index (χ1v) is 6.89. The average Bonchev–Trinajstić information content (AvgIpc) is 2.69. The number of thiazole rings is 1. The molecule has 0 aromatic carbocycles. The number of hydrogen-bond acceptors (Lipinski definition) is 4. The highest BCUT2D eigenvalue weighted by atomic mass is 35.5. The molecule has 0 saturated heterocycles. The maximum atomic E-state index is 10.3. The van der Waals surface area contributed by atoms with Crippen LogP contribution >= 0.6 is 22.9 Å². The Bertz CT molecular complexity index is 557. The van der Waals surface area contributed by atoms with Gasteiger partial charge in [0, 0.05) is 23.9 Å². The molecule has 0 bridgehead atoms. The molecule has 0 fully saturated rings. The van der Waals surface area contributed by atoms with E-state index in [0.717, 1.165) is 16.4 Å². The molecule has 4 nitrogen and oxygen atoms in total. The average molecular weight is 286 g/mol. The molecule has 2 heterocycles. The Morgan fingerprint density at radius 1 is 1.33 bits per heavy atom. The van der Waals surface area contributed by atoms with Crippen molar-refractivity contribution in [3.8, 4) is 0 Å². The third-order valence-electron chi connectivity index (χ3n) is 2.97. The lowest BCUT2D eigenvalue weighted by atomic mass is 10.1. The Kier molecular flexibility index (Phi) is 3.75. The molecule has 0 spiro atoms. The Morgan fingerprint density at radius 2 is 2.00 bits per heavy atom. The minimum absolute atomic E-state index is 0.478. The van der Waals surface area contributed by atoms with Crippen LogP contribution in [0.5, 0.6) is 0 Å². The van der Waals surface area contributed by atoms with Gasteiger partial charge in [-0.05, 0) is 20.8 Å². The molecule has 2 aromatic rings. The Hall–Kier alpha value is -0.910. The Labute approximate surface area is 115 Å². The molecule has 0 amide bonds. The van der Waals surface area contributed by atoms with E-state index < -0.39 is 6.10 Å². The van der Waals surface area contributed by atoms with Crippen molar-refractivity contribution in [1.82, 2.24) is 14.8 Å². The number of aryl methyl sites for hydroxylation is 4. The summed E-state index contributed by atoms with van der Waals surface area (Å²) >= 11 is 7.75. The third-order valence-corrected chi connectivity index (χ3v) is 4.51. The number of halogens is 1. The Morgan fingerprint density at radius 3 is 2.44 bits per heavy atom. The quantitative estimate of drug-likeness (QED) is 0.943. The highest BCUT2D eigenvalue weighted by molar-refractivity contribution is 7.11. The van der Waals surface area contributed by atoms with E-state index in [0.29, 0.717) is 17.1 Å². The van der Waals surface area contributed by atoms with Crippen LogP contribution in [0.2, 0.25) is 5.15 Å². The zero-order valence-corrected chi connectivity index (χ0v) is 12.4. The number of rotatable bonds is 3. The lowest BCUT2D eigenvalue weighted by Gasteiger charge is -2.08. The summed E-state index contributed by atoms with van der Waals surface area (Å²) in [5, 5.41) is 15.9. The fourth-order valence-electron chi connectivity index (χ4n) is 1.92. The van der Waals surface area contributed by atoms with Crippen LogP contribution in [0, 0.1) is 20.8 Å². The molecule has 98 valence electrons. The highest BCUT2D eigenvalue weighted by Gasteiger charge is 2.21. The van der Waals surface area contributed by atoms with Crippen molar-refractivity contribution >= 4 is 22.9 Å². The van der Waals surface area contributed by atoms with Crippen LogP contribution in [-0.2, 0) is 13.5 Å². The van der Waals surface area contributed by atoms with E-state index in [1.54, 1.807) is 23.1 Å². The van der Waals surface area contributed by atoms with Gasteiger partial charge in [0.1, 0.15) is 5.15 Å². The van der Waals surface area contributed by atoms with E-state index in [2.05, 4.69) is 10.1 Å². The molecule has 0 saturated carbocycles. The molecular formula is C12H16ClN3OS. The van der Waals surface area contributed by atoms with Crippen molar-refractivity contribution in [3.63, 3.8) is 0 Å². The molecule has 18 heavy (non-hydrogen) atoms. The molecule has 0 aliphatic carbocycles. The summed E-state index contributed by atoms with van der Waals surface area (Å²) in [6.45, 7) is 5.86. The highest BCUT2D eigenvalue weighted by Crippen LogP contribution is 2.29. The van der Waals surface area contributed by atoms with E-state index in [-0.39, 0.29) is 0 Å². The van der Waals surface area contributed by atoms with Gasteiger partial charge in [-0.15, -0.1) is 11.3 Å². The zero-order chi connectivity index (χ0) is 13.4. The molecule has 0 aliphatic heterocycles. The van der Waals surface area contributed by atoms with Crippen molar-refractivity contribution in [2.75, 3.05) is 0 Å². The second kappa shape index (κ2) is 4.99. The largest absolute Gasteiger partial charge is 0.388 e. The van der Waals surface area contributed by atoms with Gasteiger partial charge in [0.2, 0.25) is 0 Å². The van der Waals surface area contributed by atoms with Gasteiger partial charge in [0.05, 0.1) is 22.5 Å². The topological polar surface area (TPSA) is 50.9 Å². The fraction of sp³-hybridized carbons (Fsp3) is 0.500. The summed E-state index contributed by atoms with van der Waals surface area (Å²) < 4.78 is 1.58. The lowest BCUT2D eigenvalue weighted by molar-refractivity contribution is 0.177. The van der Waals surface area contributed by atoms with Crippen molar-refractivity contribution in [2.24, 2.45) is 7.05 Å². The van der Waals surface area contributed by atoms with Crippen LogP contribution in [0.15, 0.2) is 0 Å². The summed E-state index contributed by atoms with van der Waals surface area (Å²) in [6, 6.07) is 0. The molecule has 2 aromatic heterocycles. The van der Waals surface area contributed by atoms with Crippen LogP contribution in [0.1, 0.15) is 32.9 Å². The number of aromatic nitrogens is 3. The summed E-state index contributed by atoms with van der Waals surface area (Å²) in [6.07, 6.45) is -0.179. The van der Waals surface area contributed by atoms with Crippen molar-refractivity contribution < 1.29 is 5.11 Å². The molecule has 2 rings (SSSR count). The Balaban J connectivity index is 2.24. The van der Waals surface area contributed by atoms with Crippen molar-refractivity contribution in [3.05, 3.63) is 32.0 Å². The van der Waals surface area contributed by atoms with Crippen LogP contribution in [-0.4, -0.2) is 19.9 Å². The van der Waals surface area contributed by atoms with Gasteiger partial charge in [-0.3, -0.25) is 4.68 Å². The number of hydrogen-bond donors (Lipinski definition) is 1. The fourth-order valence-corrected chi connectivity index (χ4v) is 3.19. The first kappa shape index (κ1) is 13.5. The number of nitrogens with zero attached hydrogens (tertiary/aromatic N) is 3. The summed E-state index contributed by atoms with van der Waals surface area (Å²) in [5.41, 5.74) is 2.49. The molecular weight excluding hydrogens is 270 g/mol. The second-order valence-electron chi connectivity index (χ2n) is 4.38.